The molecule has 0 spiro atoms. The Labute approximate surface area is 221 Å². The lowest BCUT2D eigenvalue weighted by Crippen LogP contribution is -2.45. The molecule has 3 heterocycles. The van der Waals surface area contributed by atoms with Crippen LogP contribution in [-0.2, 0) is 0 Å². The topological polar surface area (TPSA) is 78.8 Å². The van der Waals surface area contributed by atoms with E-state index >= 15 is 0 Å². The van der Waals surface area contributed by atoms with Crippen LogP contribution >= 0.6 is 11.8 Å². The fourth-order valence-corrected chi connectivity index (χ4v) is 4.89. The van der Waals surface area contributed by atoms with Crippen LogP contribution in [0.15, 0.2) is 47.6 Å². The largest absolute Gasteiger partial charge is 0.495 e. The van der Waals surface area contributed by atoms with Gasteiger partial charge in [-0.15, -0.1) is 0 Å². The average Bonchev–Trinajstić information content (AvgIpc) is 3.24. The van der Waals surface area contributed by atoms with Crippen molar-refractivity contribution in [3.05, 3.63) is 53.7 Å². The van der Waals surface area contributed by atoms with Crippen molar-refractivity contribution in [1.82, 2.24) is 15.0 Å². The predicted octanol–water partition coefficient (Wildman–Crippen LogP) is 4.49. The second-order valence-electron chi connectivity index (χ2n) is 8.50. The molecule has 3 aromatic rings. The molecule has 0 radical (unpaired) electrons. The number of thioether (sulfide) groups is 1. The molecule has 1 aromatic carbocycles. The minimum absolute atomic E-state index is 0.0787. The zero-order valence-electron chi connectivity index (χ0n) is 20.7. The molecule has 2 aromatic heterocycles. The van der Waals surface area contributed by atoms with Crippen LogP contribution in [0.4, 0.5) is 28.9 Å². The highest BCUT2D eigenvalue weighted by molar-refractivity contribution is 8.00. The SMILES string of the molecule is CNC(=O)c1ccc(OC)c(NCC#Cc2cc3c(N[C@@H]4CCNC[C@@H]4F)cccn3c2SC(F)(F)F)c1. The Morgan fingerprint density at radius 2 is 2.08 bits per heavy atom. The first kappa shape index (κ1) is 27.5. The molecule has 1 aliphatic heterocycles. The minimum Gasteiger partial charge on any atom is -0.495 e. The summed E-state index contributed by atoms with van der Waals surface area (Å²) in [6.45, 7) is 0.953. The summed E-state index contributed by atoms with van der Waals surface area (Å²) in [6.07, 6.45) is 0.964. The number of nitrogens with zero attached hydrogens (tertiary/aromatic N) is 1. The molecule has 1 saturated heterocycles. The van der Waals surface area contributed by atoms with E-state index in [1.165, 1.54) is 24.8 Å². The van der Waals surface area contributed by atoms with Crippen LogP contribution in [0.3, 0.4) is 0 Å². The fraction of sp³-hybridized carbons (Fsp3) is 0.346. The van der Waals surface area contributed by atoms with Gasteiger partial charge in [0.15, 0.2) is 0 Å². The second-order valence-corrected chi connectivity index (χ2v) is 9.55. The summed E-state index contributed by atoms with van der Waals surface area (Å²) in [7, 11) is 3.01. The molecule has 1 aliphatic rings. The maximum atomic E-state index is 14.4. The van der Waals surface area contributed by atoms with E-state index in [0.717, 1.165) is 0 Å². The molecule has 4 N–H and O–H groups in total. The molecular formula is C26H27F4N5O2S. The van der Waals surface area contributed by atoms with Crippen LogP contribution in [0.5, 0.6) is 5.75 Å². The Morgan fingerprint density at radius 1 is 1.26 bits per heavy atom. The molecule has 4 rings (SSSR count). The lowest BCUT2D eigenvalue weighted by atomic mass is 10.0. The molecule has 0 unspecified atom stereocenters. The highest BCUT2D eigenvalue weighted by Gasteiger charge is 2.33. The minimum atomic E-state index is -4.53. The van der Waals surface area contributed by atoms with Gasteiger partial charge in [-0.05, 0) is 49.4 Å². The van der Waals surface area contributed by atoms with Gasteiger partial charge in [-0.1, -0.05) is 11.8 Å². The van der Waals surface area contributed by atoms with Gasteiger partial charge < -0.3 is 30.4 Å². The monoisotopic (exact) mass is 549 g/mol. The number of benzene rings is 1. The van der Waals surface area contributed by atoms with E-state index in [2.05, 4.69) is 33.1 Å². The fourth-order valence-electron chi connectivity index (χ4n) is 4.19. The Balaban J connectivity index is 1.62. The summed E-state index contributed by atoms with van der Waals surface area (Å²) in [6, 6.07) is 9.32. The van der Waals surface area contributed by atoms with Crippen molar-refractivity contribution in [1.29, 1.82) is 0 Å². The summed E-state index contributed by atoms with van der Waals surface area (Å²) < 4.78 is 61.5. The number of amides is 1. The standard InChI is InChI=1S/C26H27F4N5O2S/c1-31-24(36)16-7-8-23(37-2)21(13-16)33-10-3-5-17-14-22-20(34-19-9-11-32-15-18(19)27)6-4-12-35(22)25(17)38-26(28,29)30/h4,6-8,12-14,18-19,32-34H,9-11,15H2,1-2H3,(H,31,36)/t18-,19+/m0/s1. The molecule has 1 amide bonds. The van der Waals surface area contributed by atoms with E-state index in [1.807, 2.05) is 0 Å². The second kappa shape index (κ2) is 11.9. The Hall–Kier alpha value is -3.56. The van der Waals surface area contributed by atoms with Crippen molar-refractivity contribution in [2.45, 2.75) is 29.2 Å². The summed E-state index contributed by atoms with van der Waals surface area (Å²) in [4.78, 5) is 12.0. The number of piperidine rings is 1. The Kier molecular flexibility index (Phi) is 8.58. The number of alkyl halides is 4. The number of aromatic nitrogens is 1. The average molecular weight is 550 g/mol. The van der Waals surface area contributed by atoms with Gasteiger partial charge >= 0.3 is 5.51 Å². The third kappa shape index (κ3) is 6.46. The van der Waals surface area contributed by atoms with Gasteiger partial charge in [0, 0.05) is 37.1 Å². The van der Waals surface area contributed by atoms with Crippen LogP contribution in [0.2, 0.25) is 0 Å². The zero-order chi connectivity index (χ0) is 27.3. The quantitative estimate of drug-likeness (QED) is 0.198. The first-order valence-electron chi connectivity index (χ1n) is 11.8. The van der Waals surface area contributed by atoms with Gasteiger partial charge in [0.1, 0.15) is 16.9 Å². The van der Waals surface area contributed by atoms with Crippen molar-refractivity contribution in [2.75, 3.05) is 44.4 Å². The van der Waals surface area contributed by atoms with E-state index in [4.69, 9.17) is 4.74 Å². The number of pyridine rings is 1. The van der Waals surface area contributed by atoms with Gasteiger partial charge in [0.25, 0.3) is 5.91 Å². The Morgan fingerprint density at radius 3 is 2.79 bits per heavy atom. The van der Waals surface area contributed by atoms with E-state index in [1.54, 1.807) is 36.4 Å². The molecule has 0 aliphatic carbocycles. The predicted molar refractivity (Wildman–Crippen MR) is 141 cm³/mol. The third-order valence-corrected chi connectivity index (χ3v) is 6.85. The number of rotatable bonds is 7. The molecule has 7 nitrogen and oxygen atoms in total. The third-order valence-electron chi connectivity index (χ3n) is 6.00. The maximum Gasteiger partial charge on any atom is 0.447 e. The molecule has 0 saturated carbocycles. The number of hydrogen-bond acceptors (Lipinski definition) is 6. The molecule has 2 atom stereocenters. The van der Waals surface area contributed by atoms with Crippen molar-refractivity contribution in [2.24, 2.45) is 0 Å². The van der Waals surface area contributed by atoms with E-state index in [9.17, 15) is 22.4 Å². The number of carbonyl (C=O) groups excluding carboxylic acids is 1. The first-order chi connectivity index (χ1) is 18.2. The molecular weight excluding hydrogens is 522 g/mol. The molecule has 202 valence electrons. The lowest BCUT2D eigenvalue weighted by Gasteiger charge is -2.28. The summed E-state index contributed by atoms with van der Waals surface area (Å²) >= 11 is -0.249. The van der Waals surface area contributed by atoms with Crippen molar-refractivity contribution in [3.63, 3.8) is 0 Å². The molecule has 38 heavy (non-hydrogen) atoms. The number of methoxy groups -OCH3 is 1. The van der Waals surface area contributed by atoms with Crippen molar-refractivity contribution < 1.29 is 27.1 Å². The van der Waals surface area contributed by atoms with Gasteiger partial charge in [0.2, 0.25) is 0 Å². The van der Waals surface area contributed by atoms with Crippen LogP contribution in [0, 0.1) is 11.8 Å². The zero-order valence-corrected chi connectivity index (χ0v) is 21.5. The smallest absolute Gasteiger partial charge is 0.447 e. The maximum absolute atomic E-state index is 14.4. The number of anilines is 2. The summed E-state index contributed by atoms with van der Waals surface area (Å²) in [5.41, 5.74) is -2.40. The summed E-state index contributed by atoms with van der Waals surface area (Å²) in [5, 5.41) is 11.7. The van der Waals surface area contributed by atoms with E-state index in [-0.39, 0.29) is 41.3 Å². The molecule has 0 bridgehead atoms. The van der Waals surface area contributed by atoms with Gasteiger partial charge in [-0.25, -0.2) is 4.39 Å². The highest BCUT2D eigenvalue weighted by Crippen LogP contribution is 2.40. The van der Waals surface area contributed by atoms with Crippen molar-refractivity contribution >= 4 is 34.6 Å². The van der Waals surface area contributed by atoms with Crippen LogP contribution in [-0.4, -0.2) is 61.8 Å². The number of halogens is 4. The number of hydrogen-bond donors (Lipinski definition) is 4. The number of carbonyl (C=O) groups is 1. The van der Waals surface area contributed by atoms with E-state index in [0.29, 0.717) is 41.2 Å². The molecule has 12 heteroatoms. The van der Waals surface area contributed by atoms with Gasteiger partial charge in [-0.2, -0.15) is 13.2 Å². The Bertz CT molecular complexity index is 1370. The highest BCUT2D eigenvalue weighted by atomic mass is 32.2. The number of nitrogens with one attached hydrogen (secondary N) is 4. The van der Waals surface area contributed by atoms with Crippen molar-refractivity contribution in [3.8, 4) is 17.6 Å². The normalized spacial score (nSPS) is 17.4. The van der Waals surface area contributed by atoms with Crippen LogP contribution < -0.4 is 26.0 Å². The number of ether oxygens (including phenoxy) is 1. The molecule has 1 fully saturated rings. The summed E-state index contributed by atoms with van der Waals surface area (Å²) in [5.74, 6) is 5.91. The lowest BCUT2D eigenvalue weighted by molar-refractivity contribution is -0.0329. The van der Waals surface area contributed by atoms with Crippen LogP contribution in [0.25, 0.3) is 5.52 Å². The van der Waals surface area contributed by atoms with Gasteiger partial charge in [0.05, 0.1) is 42.2 Å². The van der Waals surface area contributed by atoms with Crippen LogP contribution in [0.1, 0.15) is 22.3 Å². The number of fused-ring (bicyclic) bond motifs is 1. The first-order valence-corrected chi connectivity index (χ1v) is 12.7. The van der Waals surface area contributed by atoms with E-state index < -0.39 is 17.7 Å². The van der Waals surface area contributed by atoms with Gasteiger partial charge in [-0.3, -0.25) is 4.79 Å².